The lowest BCUT2D eigenvalue weighted by atomic mass is 9.72. The molecule has 278 valence electrons. The summed E-state index contributed by atoms with van der Waals surface area (Å²) in [5, 5.41) is 45.7. The van der Waals surface area contributed by atoms with E-state index < -0.39 is 17.7 Å². The number of nitrogens with one attached hydrogen (secondary N) is 2. The maximum Gasteiger partial charge on any atom is 0.345 e. The number of carbonyl (C=O) groups excluding carboxylic acids is 2. The van der Waals surface area contributed by atoms with Crippen molar-refractivity contribution in [2.24, 2.45) is 5.41 Å². The smallest absolute Gasteiger partial charge is 0.345 e. The van der Waals surface area contributed by atoms with Gasteiger partial charge in [-0.05, 0) is 66.1 Å². The summed E-state index contributed by atoms with van der Waals surface area (Å²) in [6, 6.07) is 27.6. The van der Waals surface area contributed by atoms with E-state index >= 15 is 0 Å². The molecule has 6 N–H and O–H groups in total. The molecule has 2 fully saturated rings. The average molecular weight is 733 g/mol. The molecule has 2 aliphatic rings. The molecule has 2 amide bonds. The van der Waals surface area contributed by atoms with Gasteiger partial charge in [0.1, 0.15) is 11.5 Å². The maximum absolute atomic E-state index is 13.2. The molecule has 0 radical (unpaired) electrons. The highest BCUT2D eigenvalue weighted by molar-refractivity contribution is 5.95. The molecule has 1 aromatic heterocycles. The minimum Gasteiger partial charge on any atom is -0.506 e. The number of aliphatic hydroxyl groups excluding tert-OH is 1. The summed E-state index contributed by atoms with van der Waals surface area (Å²) < 4.78 is 5.71. The first kappa shape index (κ1) is 36.3. The molecule has 2 unspecified atom stereocenters. The fourth-order valence-corrected chi connectivity index (χ4v) is 7.31. The highest BCUT2D eigenvalue weighted by Gasteiger charge is 2.54. The molecule has 2 saturated heterocycles. The molecule has 0 bridgehead atoms. The maximum atomic E-state index is 13.2. The summed E-state index contributed by atoms with van der Waals surface area (Å²) in [5.74, 6) is -1.53. The first-order valence-corrected chi connectivity index (χ1v) is 17.6. The standard InChI is InChI=1S/C41H40N4O9/c46-33-15-13-31(32-14-16-35(48)43-37(32)33)34(47)20-42-18-17-26-9-11-27(12-10-26)38(50)45-24-40(25-45)22-44(23-40)36(49)21-54-30-8-4-7-29(19-30)41(53,39(51)52)28-5-2-1-3-6-28/h1-16,19,34,42,46-47,53H,17-18,20-25H2,(H,43,48)(H,51,52). The number of likely N-dealkylation sites (tertiary alicyclic amines) is 2. The topological polar surface area (TPSA) is 193 Å². The summed E-state index contributed by atoms with van der Waals surface area (Å²) >= 11 is 0. The predicted octanol–water partition coefficient (Wildman–Crippen LogP) is 2.78. The van der Waals surface area contributed by atoms with Crippen LogP contribution < -0.4 is 15.6 Å². The van der Waals surface area contributed by atoms with Crippen molar-refractivity contribution in [1.29, 1.82) is 0 Å². The van der Waals surface area contributed by atoms with Crippen molar-refractivity contribution in [2.45, 2.75) is 18.1 Å². The van der Waals surface area contributed by atoms with Crippen molar-refractivity contribution in [1.82, 2.24) is 20.1 Å². The van der Waals surface area contributed by atoms with Crippen LogP contribution in [-0.2, 0) is 21.6 Å². The summed E-state index contributed by atoms with van der Waals surface area (Å²) in [5.41, 5.74) is 0.0257. The second-order valence-corrected chi connectivity index (χ2v) is 14.1. The number of aliphatic carboxylic acids is 1. The zero-order chi connectivity index (χ0) is 38.0. The highest BCUT2D eigenvalue weighted by atomic mass is 16.5. The SMILES string of the molecule is O=C(COc1cccc(C(O)(C(=O)O)c2ccccc2)c1)N1CC2(C1)CN(C(=O)c1ccc(CCNCC(O)c3ccc(O)c4[nH]c(=O)ccc34)cc1)C2. The first-order chi connectivity index (χ1) is 26.0. The Labute approximate surface area is 310 Å². The van der Waals surface area contributed by atoms with Crippen molar-refractivity contribution < 1.29 is 39.5 Å². The van der Waals surface area contributed by atoms with Crippen LogP contribution in [0.3, 0.4) is 0 Å². The summed E-state index contributed by atoms with van der Waals surface area (Å²) in [6.45, 7) is 2.72. The number of benzene rings is 4. The fraction of sp³-hybridized carbons (Fsp3) is 0.268. The number of aromatic nitrogens is 1. The minimum absolute atomic E-state index is 0.0617. The molecule has 5 aromatic rings. The number of aliphatic hydroxyl groups is 2. The van der Waals surface area contributed by atoms with Gasteiger partial charge in [-0.2, -0.15) is 0 Å². The van der Waals surface area contributed by atoms with Gasteiger partial charge in [0.15, 0.2) is 6.61 Å². The summed E-state index contributed by atoms with van der Waals surface area (Å²) in [6.07, 6.45) is -0.179. The van der Waals surface area contributed by atoms with E-state index in [1.807, 2.05) is 12.1 Å². The largest absolute Gasteiger partial charge is 0.506 e. The lowest BCUT2D eigenvalue weighted by molar-refractivity contribution is -0.157. The number of carboxylic acid groups (broad SMARTS) is 1. The van der Waals surface area contributed by atoms with Crippen LogP contribution >= 0.6 is 0 Å². The molecular weight excluding hydrogens is 692 g/mol. The number of phenolic OH excluding ortho intramolecular Hbond substituents is 1. The number of ether oxygens (including phenoxy) is 1. The van der Waals surface area contributed by atoms with Gasteiger partial charge in [-0.15, -0.1) is 0 Å². The number of carboxylic acids is 1. The lowest BCUT2D eigenvalue weighted by Gasteiger charge is -2.60. The Morgan fingerprint density at radius 2 is 1.57 bits per heavy atom. The number of nitrogens with zero attached hydrogens (tertiary/aromatic N) is 2. The number of carbonyl (C=O) groups is 3. The zero-order valence-electron chi connectivity index (χ0n) is 29.3. The van der Waals surface area contributed by atoms with Crippen LogP contribution in [0.4, 0.5) is 0 Å². The second-order valence-electron chi connectivity index (χ2n) is 14.1. The van der Waals surface area contributed by atoms with Gasteiger partial charge in [0.05, 0.1) is 11.6 Å². The molecule has 7 rings (SSSR count). The van der Waals surface area contributed by atoms with E-state index in [4.69, 9.17) is 4.74 Å². The fourth-order valence-electron chi connectivity index (χ4n) is 7.31. The molecule has 2 atom stereocenters. The van der Waals surface area contributed by atoms with Gasteiger partial charge in [-0.1, -0.05) is 60.7 Å². The Morgan fingerprint density at radius 3 is 2.30 bits per heavy atom. The zero-order valence-corrected chi connectivity index (χ0v) is 29.3. The number of hydrogen-bond acceptors (Lipinski definition) is 9. The van der Waals surface area contributed by atoms with E-state index in [-0.39, 0.29) is 64.1 Å². The molecule has 2 aliphatic heterocycles. The molecular formula is C41H40N4O9. The Bertz CT molecular complexity index is 2250. The number of H-pyrrole nitrogens is 1. The number of fused-ring (bicyclic) bond motifs is 1. The van der Waals surface area contributed by atoms with Crippen LogP contribution in [-0.4, -0.2) is 98.9 Å². The number of aromatic amines is 1. The number of aromatic hydroxyl groups is 1. The van der Waals surface area contributed by atoms with E-state index in [1.54, 1.807) is 64.4 Å². The van der Waals surface area contributed by atoms with E-state index in [0.717, 1.165) is 5.56 Å². The third-order valence-corrected chi connectivity index (χ3v) is 10.3. The highest BCUT2D eigenvalue weighted by Crippen LogP contribution is 2.40. The van der Waals surface area contributed by atoms with Crippen molar-refractivity contribution >= 4 is 28.7 Å². The third kappa shape index (κ3) is 7.16. The van der Waals surface area contributed by atoms with Gasteiger partial charge in [-0.25, -0.2) is 4.79 Å². The quantitative estimate of drug-likeness (QED) is 0.0982. The minimum atomic E-state index is -2.29. The predicted molar refractivity (Wildman–Crippen MR) is 198 cm³/mol. The normalized spacial score (nSPS) is 16.3. The van der Waals surface area contributed by atoms with Crippen molar-refractivity contribution in [3.05, 3.63) is 141 Å². The van der Waals surface area contributed by atoms with Gasteiger partial charge in [0.2, 0.25) is 11.2 Å². The van der Waals surface area contributed by atoms with Crippen LogP contribution in [0, 0.1) is 5.41 Å². The van der Waals surface area contributed by atoms with E-state index in [2.05, 4.69) is 10.3 Å². The first-order valence-electron chi connectivity index (χ1n) is 17.6. The van der Waals surface area contributed by atoms with Crippen LogP contribution in [0.25, 0.3) is 10.9 Å². The van der Waals surface area contributed by atoms with Crippen LogP contribution in [0.1, 0.15) is 38.7 Å². The van der Waals surface area contributed by atoms with Crippen molar-refractivity contribution in [3.63, 3.8) is 0 Å². The van der Waals surface area contributed by atoms with Gasteiger partial charge in [0, 0.05) is 60.7 Å². The van der Waals surface area contributed by atoms with Gasteiger partial charge >= 0.3 is 5.97 Å². The molecule has 13 nitrogen and oxygen atoms in total. The molecule has 0 aliphatic carbocycles. The van der Waals surface area contributed by atoms with Gasteiger partial charge in [0.25, 0.3) is 11.8 Å². The number of rotatable bonds is 13. The van der Waals surface area contributed by atoms with E-state index in [1.165, 1.54) is 36.4 Å². The lowest BCUT2D eigenvalue weighted by Crippen LogP contribution is -2.74. The molecule has 0 saturated carbocycles. The molecule has 3 heterocycles. The second kappa shape index (κ2) is 14.8. The van der Waals surface area contributed by atoms with E-state index in [9.17, 15) is 39.6 Å². The van der Waals surface area contributed by atoms with Gasteiger partial charge in [-0.3, -0.25) is 14.4 Å². The Kier molecular flexibility index (Phi) is 9.95. The van der Waals surface area contributed by atoms with Crippen LogP contribution in [0.15, 0.2) is 108 Å². The Balaban J connectivity index is 0.838. The molecule has 1 spiro atoms. The average Bonchev–Trinajstić information content (AvgIpc) is 3.15. The summed E-state index contributed by atoms with van der Waals surface area (Å²) in [4.78, 5) is 55.9. The molecule has 54 heavy (non-hydrogen) atoms. The van der Waals surface area contributed by atoms with Crippen molar-refractivity contribution in [2.75, 3.05) is 45.9 Å². The van der Waals surface area contributed by atoms with E-state index in [0.29, 0.717) is 55.7 Å². The van der Waals surface area contributed by atoms with Crippen LogP contribution in [0.5, 0.6) is 11.5 Å². The Hall–Kier alpha value is -6.02. The molecule has 13 heteroatoms. The van der Waals surface area contributed by atoms with Crippen molar-refractivity contribution in [3.8, 4) is 11.5 Å². The third-order valence-electron chi connectivity index (χ3n) is 10.3. The Morgan fingerprint density at radius 1 is 0.870 bits per heavy atom. The number of hydrogen-bond donors (Lipinski definition) is 6. The number of pyridine rings is 1. The van der Waals surface area contributed by atoms with Crippen LogP contribution in [0.2, 0.25) is 0 Å². The van der Waals surface area contributed by atoms with Gasteiger partial charge < -0.3 is 45.3 Å². The molecule has 4 aromatic carbocycles. The monoisotopic (exact) mass is 732 g/mol. The summed E-state index contributed by atoms with van der Waals surface area (Å²) in [7, 11) is 0. The number of phenols is 1. The number of amides is 2.